The summed E-state index contributed by atoms with van der Waals surface area (Å²) in [6.45, 7) is 8.01. The molecule has 1 aliphatic heterocycles. The molecule has 1 aromatic carbocycles. The molecule has 1 fully saturated rings. The van der Waals surface area contributed by atoms with E-state index in [0.717, 1.165) is 24.5 Å². The van der Waals surface area contributed by atoms with E-state index in [1.54, 1.807) is 0 Å². The Balaban J connectivity index is 0.00000364. The van der Waals surface area contributed by atoms with E-state index in [0.29, 0.717) is 12.3 Å². The maximum Gasteiger partial charge on any atom is 0.237 e. The molecule has 1 unspecified atom stereocenters. The lowest BCUT2D eigenvalue weighted by molar-refractivity contribution is -0.123. The third-order valence-corrected chi connectivity index (χ3v) is 4.54. The van der Waals surface area contributed by atoms with Crippen molar-refractivity contribution in [1.29, 1.82) is 0 Å². The van der Waals surface area contributed by atoms with Crippen molar-refractivity contribution in [3.8, 4) is 0 Å². The molecule has 1 aromatic rings. The molecule has 160 valence electrons. The van der Waals surface area contributed by atoms with Crippen molar-refractivity contribution < 1.29 is 9.59 Å². The number of rotatable bonds is 8. The summed E-state index contributed by atoms with van der Waals surface area (Å²) in [5.41, 5.74) is 7.81. The van der Waals surface area contributed by atoms with Crippen LogP contribution in [0.4, 0.5) is 11.4 Å². The van der Waals surface area contributed by atoms with E-state index in [-0.39, 0.29) is 49.1 Å². The summed E-state index contributed by atoms with van der Waals surface area (Å²) in [5.74, 6) is 0.0427. The van der Waals surface area contributed by atoms with Gasteiger partial charge in [0.2, 0.25) is 11.8 Å². The molecule has 1 saturated heterocycles. The first-order valence-electron chi connectivity index (χ1n) is 9.56. The Labute approximate surface area is 180 Å². The Bertz CT molecular complexity index is 622. The second-order valence-electron chi connectivity index (χ2n) is 7.64. The van der Waals surface area contributed by atoms with Crippen LogP contribution in [0, 0.1) is 5.92 Å². The van der Waals surface area contributed by atoms with Crippen LogP contribution in [-0.2, 0) is 9.59 Å². The molecule has 2 atom stereocenters. The highest BCUT2D eigenvalue weighted by Gasteiger charge is 2.19. The predicted molar refractivity (Wildman–Crippen MR) is 121 cm³/mol. The minimum atomic E-state index is -0.530. The molecule has 0 bridgehead atoms. The average Bonchev–Trinajstić information content (AvgIpc) is 3.08. The fraction of sp³-hybridized carbons (Fsp3) is 0.600. The summed E-state index contributed by atoms with van der Waals surface area (Å²) in [6, 6.07) is 7.13. The number of nitrogens with zero attached hydrogens (tertiary/aromatic N) is 1. The third kappa shape index (κ3) is 8.67. The highest BCUT2D eigenvalue weighted by Crippen LogP contribution is 2.23. The number of anilines is 2. The first kappa shape index (κ1) is 26.5. The Kier molecular flexibility index (Phi) is 12.2. The maximum absolute atomic E-state index is 12.3. The van der Waals surface area contributed by atoms with Gasteiger partial charge in [-0.25, -0.2) is 0 Å². The molecule has 8 heteroatoms. The molecule has 2 rings (SSSR count). The lowest BCUT2D eigenvalue weighted by Crippen LogP contribution is -2.45. The Hall–Kier alpha value is -1.50. The van der Waals surface area contributed by atoms with Crippen molar-refractivity contribution in [1.82, 2.24) is 5.32 Å². The number of hydrogen-bond acceptors (Lipinski definition) is 4. The topological polar surface area (TPSA) is 87.5 Å². The van der Waals surface area contributed by atoms with Gasteiger partial charge in [-0.3, -0.25) is 9.59 Å². The van der Waals surface area contributed by atoms with E-state index in [4.69, 9.17) is 5.73 Å². The fourth-order valence-corrected chi connectivity index (χ4v) is 3.26. The minimum Gasteiger partial charge on any atom is -0.371 e. The smallest absolute Gasteiger partial charge is 0.237 e. The number of carbonyl (C=O) groups is 2. The average molecular weight is 433 g/mol. The second kappa shape index (κ2) is 12.9. The van der Waals surface area contributed by atoms with Gasteiger partial charge in [0.15, 0.2) is 0 Å². The van der Waals surface area contributed by atoms with Crippen LogP contribution in [0.1, 0.15) is 46.5 Å². The van der Waals surface area contributed by atoms with E-state index in [9.17, 15) is 9.59 Å². The summed E-state index contributed by atoms with van der Waals surface area (Å²) in [7, 11) is 0. The minimum absolute atomic E-state index is 0. The van der Waals surface area contributed by atoms with Gasteiger partial charge in [0.05, 0.1) is 6.04 Å². The summed E-state index contributed by atoms with van der Waals surface area (Å²) in [5, 5.41) is 5.75. The van der Waals surface area contributed by atoms with Crippen molar-refractivity contribution in [3.63, 3.8) is 0 Å². The third-order valence-electron chi connectivity index (χ3n) is 4.54. The van der Waals surface area contributed by atoms with Crippen LogP contribution in [0.25, 0.3) is 0 Å². The number of halogens is 2. The molecule has 1 heterocycles. The predicted octanol–water partition coefficient (Wildman–Crippen LogP) is 3.34. The lowest BCUT2D eigenvalue weighted by Gasteiger charge is -2.20. The highest BCUT2D eigenvalue weighted by molar-refractivity contribution is 5.92. The van der Waals surface area contributed by atoms with Crippen LogP contribution in [-0.4, -0.2) is 37.0 Å². The number of carbonyl (C=O) groups excluding carboxylic acids is 2. The van der Waals surface area contributed by atoms with Gasteiger partial charge in [-0.1, -0.05) is 19.9 Å². The molecule has 0 aliphatic carbocycles. The first-order valence-corrected chi connectivity index (χ1v) is 9.56. The molecule has 0 aromatic heterocycles. The second-order valence-corrected chi connectivity index (χ2v) is 7.64. The SMILES string of the molecule is CC(C)C[C@H](N)C(=O)NC(C)CC(=O)Nc1cccc(N2CCCC2)c1.Cl.Cl. The molecular formula is C20H34Cl2N4O2. The number of hydrogen-bond donors (Lipinski definition) is 3. The Morgan fingerprint density at radius 3 is 2.39 bits per heavy atom. The van der Waals surface area contributed by atoms with Crippen LogP contribution < -0.4 is 21.3 Å². The fourth-order valence-electron chi connectivity index (χ4n) is 3.26. The molecule has 1 aliphatic rings. The normalized spacial score (nSPS) is 15.2. The Morgan fingerprint density at radius 1 is 1.14 bits per heavy atom. The molecule has 0 spiro atoms. The molecule has 2 amide bonds. The summed E-state index contributed by atoms with van der Waals surface area (Å²) in [4.78, 5) is 26.7. The molecule has 0 saturated carbocycles. The van der Waals surface area contributed by atoms with E-state index < -0.39 is 6.04 Å². The van der Waals surface area contributed by atoms with Crippen LogP contribution >= 0.6 is 24.8 Å². The van der Waals surface area contributed by atoms with Gasteiger partial charge < -0.3 is 21.3 Å². The van der Waals surface area contributed by atoms with Crippen molar-refractivity contribution in [2.75, 3.05) is 23.3 Å². The number of nitrogens with one attached hydrogen (secondary N) is 2. The summed E-state index contributed by atoms with van der Waals surface area (Å²) >= 11 is 0. The van der Waals surface area contributed by atoms with Crippen LogP contribution in [0.3, 0.4) is 0 Å². The van der Waals surface area contributed by atoms with Crippen molar-refractivity contribution >= 4 is 48.0 Å². The maximum atomic E-state index is 12.3. The van der Waals surface area contributed by atoms with E-state index in [1.807, 2.05) is 39.0 Å². The van der Waals surface area contributed by atoms with Gasteiger partial charge >= 0.3 is 0 Å². The first-order chi connectivity index (χ1) is 12.3. The van der Waals surface area contributed by atoms with Crippen molar-refractivity contribution in [3.05, 3.63) is 24.3 Å². The van der Waals surface area contributed by atoms with Crippen molar-refractivity contribution in [2.24, 2.45) is 11.7 Å². The summed E-state index contributed by atoms with van der Waals surface area (Å²) < 4.78 is 0. The lowest BCUT2D eigenvalue weighted by atomic mass is 10.0. The standard InChI is InChI=1S/C20H32N4O2.2ClH/c1-14(2)11-18(21)20(26)22-15(3)12-19(25)23-16-7-6-8-17(13-16)24-9-4-5-10-24;;/h6-8,13-15,18H,4-5,9-12,21H2,1-3H3,(H,22,26)(H,23,25);2*1H/t15?,18-;;/m0../s1. The molecular weight excluding hydrogens is 399 g/mol. The molecule has 0 radical (unpaired) electrons. The summed E-state index contributed by atoms with van der Waals surface area (Å²) in [6.07, 6.45) is 3.28. The molecule has 4 N–H and O–H groups in total. The van der Waals surface area contributed by atoms with E-state index in [2.05, 4.69) is 21.6 Å². The molecule has 6 nitrogen and oxygen atoms in total. The van der Waals surface area contributed by atoms with E-state index in [1.165, 1.54) is 12.8 Å². The Morgan fingerprint density at radius 2 is 1.79 bits per heavy atom. The number of benzene rings is 1. The zero-order valence-electron chi connectivity index (χ0n) is 16.9. The van der Waals surface area contributed by atoms with Gasteiger partial charge in [-0.15, -0.1) is 24.8 Å². The van der Waals surface area contributed by atoms with Gasteiger partial charge in [0.25, 0.3) is 0 Å². The monoisotopic (exact) mass is 432 g/mol. The van der Waals surface area contributed by atoms with Crippen molar-refractivity contribution in [2.45, 2.75) is 58.5 Å². The quantitative estimate of drug-likeness (QED) is 0.587. The largest absolute Gasteiger partial charge is 0.371 e. The zero-order chi connectivity index (χ0) is 19.1. The molecule has 28 heavy (non-hydrogen) atoms. The zero-order valence-corrected chi connectivity index (χ0v) is 18.6. The van der Waals surface area contributed by atoms with Crippen LogP contribution in [0.2, 0.25) is 0 Å². The number of amides is 2. The van der Waals surface area contributed by atoms with Gasteiger partial charge in [-0.2, -0.15) is 0 Å². The van der Waals surface area contributed by atoms with Crippen LogP contribution in [0.5, 0.6) is 0 Å². The van der Waals surface area contributed by atoms with Gasteiger partial charge in [0, 0.05) is 36.9 Å². The van der Waals surface area contributed by atoms with Crippen LogP contribution in [0.15, 0.2) is 24.3 Å². The highest BCUT2D eigenvalue weighted by atomic mass is 35.5. The van der Waals surface area contributed by atoms with Gasteiger partial charge in [-0.05, 0) is 50.3 Å². The number of nitrogens with two attached hydrogens (primary N) is 1. The van der Waals surface area contributed by atoms with Gasteiger partial charge in [0.1, 0.15) is 0 Å². The van der Waals surface area contributed by atoms with E-state index >= 15 is 0 Å².